The van der Waals surface area contributed by atoms with Crippen LogP contribution in [0.25, 0.3) is 0 Å². The minimum atomic E-state index is 0.195. The van der Waals surface area contributed by atoms with Crippen LogP contribution in [0.4, 0.5) is 0 Å². The van der Waals surface area contributed by atoms with Gasteiger partial charge in [0.25, 0.3) is 0 Å². The summed E-state index contributed by atoms with van der Waals surface area (Å²) < 4.78 is 0. The molecule has 2 aliphatic heterocycles. The Morgan fingerprint density at radius 3 is 2.62 bits per heavy atom. The van der Waals surface area contributed by atoms with Crippen molar-refractivity contribution in [1.82, 2.24) is 20.4 Å². The van der Waals surface area contributed by atoms with Crippen LogP contribution >= 0.6 is 0 Å². The third kappa shape index (κ3) is 5.93. The van der Waals surface area contributed by atoms with E-state index in [1.807, 2.05) is 0 Å². The zero-order chi connectivity index (χ0) is 14.9. The van der Waals surface area contributed by atoms with Crippen LogP contribution in [0.15, 0.2) is 0 Å². The van der Waals surface area contributed by atoms with E-state index in [1.165, 1.54) is 45.7 Å². The maximum Gasteiger partial charge on any atom is 0.224 e. The molecule has 5 nitrogen and oxygen atoms in total. The minimum absolute atomic E-state index is 0.195. The van der Waals surface area contributed by atoms with Gasteiger partial charge >= 0.3 is 0 Å². The average molecular weight is 296 g/mol. The molecule has 0 spiro atoms. The summed E-state index contributed by atoms with van der Waals surface area (Å²) in [5.41, 5.74) is 0. The van der Waals surface area contributed by atoms with Gasteiger partial charge in [-0.25, -0.2) is 0 Å². The number of piperidine rings is 1. The summed E-state index contributed by atoms with van der Waals surface area (Å²) in [6.45, 7) is 12.2. The first-order chi connectivity index (χ1) is 10.3. The topological polar surface area (TPSA) is 47.6 Å². The lowest BCUT2D eigenvalue weighted by Gasteiger charge is -2.34. The molecule has 1 atom stereocenters. The zero-order valence-corrected chi connectivity index (χ0v) is 13.6. The van der Waals surface area contributed by atoms with E-state index >= 15 is 0 Å². The molecule has 2 aliphatic rings. The largest absolute Gasteiger partial charge is 0.356 e. The molecule has 2 fully saturated rings. The molecule has 122 valence electrons. The molecular weight excluding hydrogens is 264 g/mol. The van der Waals surface area contributed by atoms with E-state index in [0.717, 1.165) is 38.9 Å². The van der Waals surface area contributed by atoms with Crippen molar-refractivity contribution < 1.29 is 4.79 Å². The zero-order valence-electron chi connectivity index (χ0n) is 13.6. The van der Waals surface area contributed by atoms with Gasteiger partial charge in [0.2, 0.25) is 5.91 Å². The van der Waals surface area contributed by atoms with Gasteiger partial charge in [0, 0.05) is 39.3 Å². The SMILES string of the molecule is CCN1CCN(CCCCNC(=O)C2CCCNC2)CC1. The van der Waals surface area contributed by atoms with E-state index in [1.54, 1.807) is 0 Å². The molecule has 0 radical (unpaired) electrons. The molecule has 0 bridgehead atoms. The fourth-order valence-electron chi connectivity index (χ4n) is 3.22. The van der Waals surface area contributed by atoms with Crippen LogP contribution in [-0.4, -0.2) is 74.6 Å². The van der Waals surface area contributed by atoms with Crippen LogP contribution in [0, 0.1) is 5.92 Å². The van der Waals surface area contributed by atoms with Crippen LogP contribution in [0.5, 0.6) is 0 Å². The van der Waals surface area contributed by atoms with E-state index in [9.17, 15) is 4.79 Å². The Morgan fingerprint density at radius 1 is 1.19 bits per heavy atom. The lowest BCUT2D eigenvalue weighted by molar-refractivity contribution is -0.125. The molecule has 2 heterocycles. The van der Waals surface area contributed by atoms with Crippen molar-refractivity contribution in [3.8, 4) is 0 Å². The van der Waals surface area contributed by atoms with Gasteiger partial charge < -0.3 is 20.4 Å². The highest BCUT2D eigenvalue weighted by molar-refractivity contribution is 5.78. The van der Waals surface area contributed by atoms with Gasteiger partial charge in [-0.3, -0.25) is 4.79 Å². The van der Waals surface area contributed by atoms with Crippen molar-refractivity contribution in [2.75, 3.05) is 58.9 Å². The number of piperazine rings is 1. The maximum atomic E-state index is 12.0. The number of hydrogen-bond acceptors (Lipinski definition) is 4. The molecule has 0 aromatic heterocycles. The van der Waals surface area contributed by atoms with Crippen molar-refractivity contribution >= 4 is 5.91 Å². The highest BCUT2D eigenvalue weighted by Gasteiger charge is 2.20. The number of rotatable bonds is 7. The Hall–Kier alpha value is -0.650. The summed E-state index contributed by atoms with van der Waals surface area (Å²) in [6.07, 6.45) is 4.46. The van der Waals surface area contributed by atoms with Crippen LogP contribution in [0.3, 0.4) is 0 Å². The van der Waals surface area contributed by atoms with E-state index < -0.39 is 0 Å². The second-order valence-electron chi connectivity index (χ2n) is 6.32. The number of nitrogens with one attached hydrogen (secondary N) is 2. The van der Waals surface area contributed by atoms with Gasteiger partial charge in [-0.15, -0.1) is 0 Å². The molecule has 0 aromatic rings. The van der Waals surface area contributed by atoms with E-state index in [-0.39, 0.29) is 11.8 Å². The van der Waals surface area contributed by atoms with Crippen molar-refractivity contribution in [1.29, 1.82) is 0 Å². The third-order valence-electron chi connectivity index (χ3n) is 4.78. The first kappa shape index (κ1) is 16.7. The van der Waals surface area contributed by atoms with Crippen molar-refractivity contribution in [3.63, 3.8) is 0 Å². The average Bonchev–Trinajstić information content (AvgIpc) is 2.55. The maximum absolute atomic E-state index is 12.0. The molecule has 21 heavy (non-hydrogen) atoms. The Labute approximate surface area is 129 Å². The van der Waals surface area contributed by atoms with Gasteiger partial charge in [-0.1, -0.05) is 6.92 Å². The first-order valence-electron chi connectivity index (χ1n) is 8.72. The smallest absolute Gasteiger partial charge is 0.224 e. The van der Waals surface area contributed by atoms with Gasteiger partial charge in [-0.05, 0) is 45.3 Å². The van der Waals surface area contributed by atoms with Gasteiger partial charge in [-0.2, -0.15) is 0 Å². The van der Waals surface area contributed by atoms with Crippen LogP contribution in [-0.2, 0) is 4.79 Å². The lowest BCUT2D eigenvalue weighted by atomic mass is 9.99. The molecular formula is C16H32N4O. The second kappa shape index (κ2) is 9.38. The van der Waals surface area contributed by atoms with E-state index in [2.05, 4.69) is 27.4 Å². The molecule has 0 aliphatic carbocycles. The van der Waals surface area contributed by atoms with Crippen molar-refractivity contribution in [3.05, 3.63) is 0 Å². The summed E-state index contributed by atoms with van der Waals surface area (Å²) in [7, 11) is 0. The van der Waals surface area contributed by atoms with E-state index in [0.29, 0.717) is 0 Å². The number of likely N-dealkylation sites (N-methyl/N-ethyl adjacent to an activating group) is 1. The minimum Gasteiger partial charge on any atom is -0.356 e. The highest BCUT2D eigenvalue weighted by Crippen LogP contribution is 2.09. The van der Waals surface area contributed by atoms with Crippen LogP contribution < -0.4 is 10.6 Å². The first-order valence-corrected chi connectivity index (χ1v) is 8.72. The molecule has 2 saturated heterocycles. The number of nitrogens with zero attached hydrogens (tertiary/aromatic N) is 2. The summed E-state index contributed by atoms with van der Waals surface area (Å²) >= 11 is 0. The van der Waals surface area contributed by atoms with Gasteiger partial charge in [0.05, 0.1) is 5.92 Å². The Kier molecular flexibility index (Phi) is 7.47. The fraction of sp³-hybridized carbons (Fsp3) is 0.938. The lowest BCUT2D eigenvalue weighted by Crippen LogP contribution is -2.46. The van der Waals surface area contributed by atoms with Crippen molar-refractivity contribution in [2.45, 2.75) is 32.6 Å². The molecule has 0 saturated carbocycles. The number of amides is 1. The number of carbonyl (C=O) groups is 1. The molecule has 1 unspecified atom stereocenters. The highest BCUT2D eigenvalue weighted by atomic mass is 16.1. The monoisotopic (exact) mass is 296 g/mol. The van der Waals surface area contributed by atoms with Crippen LogP contribution in [0.2, 0.25) is 0 Å². The number of unbranched alkanes of at least 4 members (excludes halogenated alkanes) is 1. The molecule has 1 amide bonds. The normalized spacial score (nSPS) is 24.9. The predicted octanol–water partition coefficient (Wildman–Crippen LogP) is 0.520. The Balaban J connectivity index is 1.47. The van der Waals surface area contributed by atoms with Crippen molar-refractivity contribution in [2.24, 2.45) is 5.92 Å². The third-order valence-corrected chi connectivity index (χ3v) is 4.78. The number of hydrogen-bond donors (Lipinski definition) is 2. The van der Waals surface area contributed by atoms with Gasteiger partial charge in [0.15, 0.2) is 0 Å². The van der Waals surface area contributed by atoms with Gasteiger partial charge in [0.1, 0.15) is 0 Å². The summed E-state index contributed by atoms with van der Waals surface area (Å²) in [5.74, 6) is 0.444. The predicted molar refractivity (Wildman–Crippen MR) is 86.4 cm³/mol. The van der Waals surface area contributed by atoms with Crippen LogP contribution in [0.1, 0.15) is 32.6 Å². The molecule has 2 rings (SSSR count). The molecule has 2 N–H and O–H groups in total. The Bertz CT molecular complexity index is 297. The molecule has 5 heteroatoms. The summed E-state index contributed by atoms with van der Waals surface area (Å²) in [6, 6.07) is 0. The Morgan fingerprint density at radius 2 is 1.95 bits per heavy atom. The quantitative estimate of drug-likeness (QED) is 0.673. The second-order valence-corrected chi connectivity index (χ2v) is 6.32. The molecule has 0 aromatic carbocycles. The summed E-state index contributed by atoms with van der Waals surface area (Å²) in [4.78, 5) is 17.0. The number of carbonyl (C=O) groups excluding carboxylic acids is 1. The standard InChI is InChI=1S/C16H32N4O/c1-2-19-10-12-20(13-11-19)9-4-3-8-18-16(21)15-6-5-7-17-14-15/h15,17H,2-14H2,1H3,(H,18,21). The fourth-order valence-corrected chi connectivity index (χ4v) is 3.22. The van der Waals surface area contributed by atoms with E-state index in [4.69, 9.17) is 0 Å². The summed E-state index contributed by atoms with van der Waals surface area (Å²) in [5, 5.41) is 6.40.